The Morgan fingerprint density at radius 2 is 1.20 bits per heavy atom. The van der Waals surface area contributed by atoms with Gasteiger partial charge in [0.2, 0.25) is 0 Å². The van der Waals surface area contributed by atoms with Crippen LogP contribution in [0.25, 0.3) is 22.1 Å². The molecular weight excluding hydrogens is 565 g/mol. The van der Waals surface area contributed by atoms with Crippen molar-refractivity contribution in [2.24, 2.45) is 11.8 Å². The van der Waals surface area contributed by atoms with Gasteiger partial charge in [-0.05, 0) is 60.6 Å². The van der Waals surface area contributed by atoms with E-state index in [0.717, 1.165) is 73.4 Å². The predicted octanol–water partition coefficient (Wildman–Crippen LogP) is 8.94. The van der Waals surface area contributed by atoms with Gasteiger partial charge in [0.05, 0.1) is 0 Å². The number of aromatic nitrogens is 6. The fourth-order valence-corrected chi connectivity index (χ4v) is 15.0. The van der Waals surface area contributed by atoms with E-state index in [2.05, 4.69) is 83.0 Å². The van der Waals surface area contributed by atoms with Crippen molar-refractivity contribution in [1.29, 1.82) is 0 Å². The fraction of sp³-hybridized carbons (Fsp3) is 0.600. The van der Waals surface area contributed by atoms with Crippen molar-refractivity contribution >= 4 is 41.9 Å². The molecule has 0 aliphatic heterocycles. The van der Waals surface area contributed by atoms with Gasteiger partial charge in [0.25, 0.3) is 0 Å². The molecule has 2 aliphatic rings. The summed E-state index contributed by atoms with van der Waals surface area (Å²) in [5.74, 6) is 0.724. The van der Waals surface area contributed by atoms with Gasteiger partial charge in [-0.2, -0.15) is 0 Å². The molecular formula is C35H50N6O2Si. The number of fused-ring (bicyclic) bond motifs is 2. The van der Waals surface area contributed by atoms with Crippen molar-refractivity contribution in [3.8, 4) is 0 Å². The molecule has 0 radical (unpaired) electrons. The van der Waals surface area contributed by atoms with Crippen LogP contribution in [0.1, 0.15) is 127 Å². The second-order valence-electron chi connectivity index (χ2n) is 13.9. The highest BCUT2D eigenvalue weighted by Crippen LogP contribution is 2.44. The van der Waals surface area contributed by atoms with E-state index in [-0.39, 0.29) is 23.4 Å². The molecule has 8 nitrogen and oxygen atoms in total. The lowest BCUT2D eigenvalue weighted by Gasteiger charge is -2.44. The van der Waals surface area contributed by atoms with Gasteiger partial charge in [-0.25, -0.2) is 19.9 Å². The largest absolute Gasteiger partial charge is 0.358 e. The molecule has 0 aromatic carbocycles. The lowest BCUT2D eigenvalue weighted by molar-refractivity contribution is 0.0879. The first-order valence-electron chi connectivity index (χ1n) is 16.9. The Hall–Kier alpha value is -3.20. The highest BCUT2D eigenvalue weighted by molar-refractivity contribution is 6.82. The van der Waals surface area contributed by atoms with Crippen LogP contribution in [0.4, 0.5) is 0 Å². The van der Waals surface area contributed by atoms with Crippen LogP contribution in [0.2, 0.25) is 16.6 Å². The molecule has 44 heavy (non-hydrogen) atoms. The maximum absolute atomic E-state index is 13.2. The first-order chi connectivity index (χ1) is 21.2. The summed E-state index contributed by atoms with van der Waals surface area (Å²) in [6, 6.07) is 3.98. The van der Waals surface area contributed by atoms with E-state index in [4.69, 9.17) is 0 Å². The predicted molar refractivity (Wildman–Crippen MR) is 180 cm³/mol. The standard InChI is InChI=1S/C22H35N3OSi.C13H15N3O/c1-15(2)27(16(3)4,17(5)6)25-13-12-19-20(23-14-24-22(19)25)21(26)18-10-8-7-9-11-18;17-12(9-4-2-1-3-5-9)11-10-6-7-14-13(10)16-8-15-11/h12-18H,7-11H2,1-6H3;6-9H,1-5H2,(H,14,15,16). The molecule has 2 fully saturated rings. The Bertz CT molecular complexity index is 1550. The molecule has 0 spiro atoms. The van der Waals surface area contributed by atoms with Gasteiger partial charge in [0, 0.05) is 28.8 Å². The Balaban J connectivity index is 0.000000193. The number of carbonyl (C=O) groups excluding carboxylic acids is 2. The van der Waals surface area contributed by atoms with Crippen molar-refractivity contribution in [2.75, 3.05) is 0 Å². The van der Waals surface area contributed by atoms with Gasteiger partial charge >= 0.3 is 0 Å². The Labute approximate surface area is 263 Å². The Morgan fingerprint density at radius 1 is 0.705 bits per heavy atom. The molecule has 0 atom stereocenters. The Morgan fingerprint density at radius 3 is 1.73 bits per heavy atom. The summed E-state index contributed by atoms with van der Waals surface area (Å²) < 4.78 is 2.47. The SMILES string of the molecule is CC(C)[Si](C(C)C)(C(C)C)n1ccc2c(C(=O)C3CCCCC3)ncnc21.O=C(c1ncnc2[nH]ccc12)C1CCCCC1. The van der Waals surface area contributed by atoms with E-state index in [9.17, 15) is 9.59 Å². The summed E-state index contributed by atoms with van der Waals surface area (Å²) in [6.45, 7) is 14.1. The second-order valence-corrected chi connectivity index (χ2v) is 19.6. The topological polar surface area (TPSA) is 106 Å². The zero-order chi connectivity index (χ0) is 31.4. The third kappa shape index (κ3) is 6.04. The monoisotopic (exact) mass is 614 g/mol. The maximum Gasteiger partial charge on any atom is 0.185 e. The molecule has 0 unspecified atom stereocenters. The average Bonchev–Trinajstić information content (AvgIpc) is 3.69. The number of aromatic amines is 1. The van der Waals surface area contributed by atoms with Gasteiger partial charge in [-0.1, -0.05) is 80.1 Å². The van der Waals surface area contributed by atoms with Crippen LogP contribution in [0.15, 0.2) is 37.2 Å². The number of ketones is 2. The minimum absolute atomic E-state index is 0.141. The van der Waals surface area contributed by atoms with Crippen LogP contribution in [0.5, 0.6) is 0 Å². The van der Waals surface area contributed by atoms with Crippen LogP contribution in [0.3, 0.4) is 0 Å². The summed E-state index contributed by atoms with van der Waals surface area (Å²) in [5, 5.41) is 1.80. The van der Waals surface area contributed by atoms with Gasteiger partial charge in [0.1, 0.15) is 35.3 Å². The number of nitrogens with one attached hydrogen (secondary N) is 1. The van der Waals surface area contributed by atoms with E-state index in [0.29, 0.717) is 28.0 Å². The van der Waals surface area contributed by atoms with E-state index in [1.807, 2.05) is 6.07 Å². The van der Waals surface area contributed by atoms with Crippen molar-refractivity contribution < 1.29 is 9.59 Å². The first-order valence-corrected chi connectivity index (χ1v) is 19.0. The van der Waals surface area contributed by atoms with Gasteiger partial charge in [0.15, 0.2) is 19.8 Å². The minimum atomic E-state index is -1.90. The van der Waals surface area contributed by atoms with Crippen molar-refractivity contribution in [3.63, 3.8) is 0 Å². The first kappa shape index (κ1) is 32.2. The number of carbonyl (C=O) groups is 2. The quantitative estimate of drug-likeness (QED) is 0.157. The molecule has 0 saturated heterocycles. The Kier molecular flexibility index (Phi) is 10.1. The van der Waals surface area contributed by atoms with Crippen LogP contribution < -0.4 is 0 Å². The summed E-state index contributed by atoms with van der Waals surface area (Å²) in [5.41, 5.74) is 4.70. The zero-order valence-corrected chi connectivity index (χ0v) is 28.5. The molecule has 4 aromatic heterocycles. The van der Waals surface area contributed by atoms with Gasteiger partial charge in [-0.15, -0.1) is 0 Å². The lowest BCUT2D eigenvalue weighted by atomic mass is 9.85. The average molecular weight is 615 g/mol. The van der Waals surface area contributed by atoms with E-state index < -0.39 is 8.24 Å². The van der Waals surface area contributed by atoms with Crippen LogP contribution in [-0.2, 0) is 0 Å². The van der Waals surface area contributed by atoms with E-state index >= 15 is 0 Å². The van der Waals surface area contributed by atoms with Gasteiger partial charge in [-0.3, -0.25) is 9.59 Å². The molecule has 0 bridgehead atoms. The summed E-state index contributed by atoms with van der Waals surface area (Å²) in [7, 11) is -1.90. The number of hydrogen-bond acceptors (Lipinski definition) is 6. The molecule has 0 amide bonds. The molecule has 4 heterocycles. The molecule has 6 rings (SSSR count). The minimum Gasteiger partial charge on any atom is -0.358 e. The molecule has 2 saturated carbocycles. The molecule has 236 valence electrons. The third-order valence-electron chi connectivity index (χ3n) is 10.4. The number of hydrogen-bond donors (Lipinski definition) is 1. The van der Waals surface area contributed by atoms with Gasteiger partial charge < -0.3 is 9.22 Å². The van der Waals surface area contributed by atoms with E-state index in [1.165, 1.54) is 19.2 Å². The normalized spacial score (nSPS) is 17.0. The molecule has 4 aromatic rings. The summed E-state index contributed by atoms with van der Waals surface area (Å²) in [6.07, 6.45) is 18.3. The highest BCUT2D eigenvalue weighted by atomic mass is 28.3. The maximum atomic E-state index is 13.2. The number of H-pyrrole nitrogens is 1. The summed E-state index contributed by atoms with van der Waals surface area (Å²) >= 11 is 0. The zero-order valence-electron chi connectivity index (χ0n) is 27.5. The van der Waals surface area contributed by atoms with Crippen LogP contribution in [0, 0.1) is 11.8 Å². The van der Waals surface area contributed by atoms with Crippen molar-refractivity contribution in [2.45, 2.75) is 122 Å². The lowest BCUT2D eigenvalue weighted by Crippen LogP contribution is -2.51. The van der Waals surface area contributed by atoms with E-state index in [1.54, 1.807) is 12.5 Å². The highest BCUT2D eigenvalue weighted by Gasteiger charge is 2.46. The molecule has 9 heteroatoms. The molecule has 2 aliphatic carbocycles. The smallest absolute Gasteiger partial charge is 0.185 e. The summed E-state index contributed by atoms with van der Waals surface area (Å²) in [4.78, 5) is 46.0. The third-order valence-corrected chi connectivity index (χ3v) is 17.2. The van der Waals surface area contributed by atoms with Crippen LogP contribution in [-0.4, -0.2) is 49.0 Å². The molecule has 1 N–H and O–H groups in total. The fourth-order valence-electron chi connectivity index (χ4n) is 8.48. The van der Waals surface area contributed by atoms with Crippen LogP contribution >= 0.6 is 0 Å². The number of rotatable bonds is 8. The van der Waals surface area contributed by atoms with Crippen molar-refractivity contribution in [3.05, 3.63) is 48.6 Å². The second kappa shape index (κ2) is 13.8. The number of Topliss-reactive ketones (excluding diaryl/α,β-unsaturated/α-hetero) is 2. The van der Waals surface area contributed by atoms with Crippen molar-refractivity contribution in [1.82, 2.24) is 29.2 Å². The number of nitrogens with zero attached hydrogens (tertiary/aromatic N) is 5.